The Bertz CT molecular complexity index is 927. The Morgan fingerprint density at radius 1 is 1.42 bits per heavy atom. The van der Waals surface area contributed by atoms with E-state index in [9.17, 15) is 9.18 Å². The quantitative estimate of drug-likeness (QED) is 0.712. The fourth-order valence-corrected chi connectivity index (χ4v) is 3.33. The van der Waals surface area contributed by atoms with Crippen molar-refractivity contribution >= 4 is 45.0 Å². The summed E-state index contributed by atoms with van der Waals surface area (Å²) in [5, 5.41) is 10.1. The van der Waals surface area contributed by atoms with E-state index in [0.29, 0.717) is 38.0 Å². The third-order valence-corrected chi connectivity index (χ3v) is 5.14. The first-order valence-corrected chi connectivity index (χ1v) is 8.92. The van der Waals surface area contributed by atoms with E-state index in [1.807, 2.05) is 6.92 Å². The molecule has 0 saturated heterocycles. The van der Waals surface area contributed by atoms with Crippen molar-refractivity contribution in [3.63, 3.8) is 0 Å². The number of nitrogens with zero attached hydrogens (tertiary/aromatic N) is 2. The van der Waals surface area contributed by atoms with Gasteiger partial charge in [-0.1, -0.05) is 11.2 Å². The molecule has 2 N–H and O–H groups in total. The number of allylic oxidation sites excluding steroid dienone is 1. The van der Waals surface area contributed by atoms with Crippen LogP contribution in [0.25, 0.3) is 0 Å². The summed E-state index contributed by atoms with van der Waals surface area (Å²) in [4.78, 5) is 14.6. The van der Waals surface area contributed by atoms with Gasteiger partial charge in [0.2, 0.25) is 0 Å². The smallest absolute Gasteiger partial charge is 0.257 e. The Kier molecular flexibility index (Phi) is 5.10. The normalized spacial score (nSPS) is 17.3. The lowest BCUT2D eigenvalue weighted by atomic mass is 9.94. The van der Waals surface area contributed by atoms with E-state index in [1.54, 1.807) is 37.1 Å². The number of anilines is 1. The van der Waals surface area contributed by atoms with Crippen LogP contribution < -0.4 is 10.6 Å². The summed E-state index contributed by atoms with van der Waals surface area (Å²) >= 11 is 8.53. The number of rotatable bonds is 3. The molecule has 1 atom stereocenters. The summed E-state index contributed by atoms with van der Waals surface area (Å²) in [6, 6.07) is 5.69. The van der Waals surface area contributed by atoms with Gasteiger partial charge >= 0.3 is 0 Å². The zero-order chi connectivity index (χ0) is 19.0. The molecule has 3 rings (SSSR count). The zero-order valence-corrected chi connectivity index (χ0v) is 16.7. The number of benzene rings is 1. The average Bonchev–Trinajstić information content (AvgIpc) is 2.99. The number of nitrogens with one attached hydrogen (secondary N) is 2. The van der Waals surface area contributed by atoms with Crippen LogP contribution in [0.5, 0.6) is 0 Å². The Morgan fingerprint density at radius 3 is 2.77 bits per heavy atom. The molecule has 1 aliphatic rings. The average molecular weight is 439 g/mol. The predicted molar refractivity (Wildman–Crippen MR) is 103 cm³/mol. The van der Waals surface area contributed by atoms with E-state index in [4.69, 9.17) is 16.7 Å². The number of thiocarbonyl (C=S) groups is 1. The first-order chi connectivity index (χ1) is 12.3. The molecule has 1 aromatic heterocycles. The third-order valence-electron chi connectivity index (χ3n) is 4.15. The summed E-state index contributed by atoms with van der Waals surface area (Å²) in [6.45, 7) is 3.54. The molecule has 136 valence electrons. The van der Waals surface area contributed by atoms with E-state index in [0.717, 1.165) is 0 Å². The van der Waals surface area contributed by atoms with Crippen LogP contribution in [0.4, 0.5) is 10.2 Å². The van der Waals surface area contributed by atoms with Gasteiger partial charge in [0.1, 0.15) is 11.6 Å². The second-order valence-electron chi connectivity index (χ2n) is 5.89. The molecule has 1 aliphatic heterocycles. The highest BCUT2D eigenvalue weighted by molar-refractivity contribution is 9.10. The minimum atomic E-state index is -0.524. The standard InChI is InChI=1S/C17H16BrFN4O2S/c1-8-6-13(22-25-8)20-16(24)14-9(2)23(3)17(26)21-15(14)10-4-5-12(19)11(18)7-10/h4-7,15H,1-3H3,(H,21,26)(H,20,22,24). The lowest BCUT2D eigenvalue weighted by Gasteiger charge is -2.35. The minimum Gasteiger partial charge on any atom is -0.360 e. The maximum atomic E-state index is 13.6. The molecule has 1 aromatic carbocycles. The maximum Gasteiger partial charge on any atom is 0.257 e. The SMILES string of the molecule is CC1=C(C(=O)Nc2cc(C)on2)C(c2ccc(F)c(Br)c2)NC(=S)N1C. The van der Waals surface area contributed by atoms with Gasteiger partial charge in [0.15, 0.2) is 10.9 Å². The van der Waals surface area contributed by atoms with Crippen molar-refractivity contribution < 1.29 is 13.7 Å². The number of aryl methyl sites for hydroxylation is 1. The molecule has 1 unspecified atom stereocenters. The molecular formula is C17H16BrFN4O2S. The van der Waals surface area contributed by atoms with Crippen molar-refractivity contribution in [2.45, 2.75) is 19.9 Å². The molecule has 6 nitrogen and oxygen atoms in total. The van der Waals surface area contributed by atoms with Crippen LogP contribution in [0, 0.1) is 12.7 Å². The van der Waals surface area contributed by atoms with Crippen molar-refractivity contribution in [3.8, 4) is 0 Å². The molecule has 9 heteroatoms. The Labute approximate surface area is 163 Å². The Balaban J connectivity index is 2.02. The van der Waals surface area contributed by atoms with E-state index in [1.165, 1.54) is 6.07 Å². The van der Waals surface area contributed by atoms with Gasteiger partial charge in [-0.15, -0.1) is 0 Å². The third kappa shape index (κ3) is 3.49. The molecule has 2 heterocycles. The molecule has 0 spiro atoms. The fourth-order valence-electron chi connectivity index (χ4n) is 2.68. The van der Waals surface area contributed by atoms with Crippen molar-refractivity contribution in [1.29, 1.82) is 0 Å². The van der Waals surface area contributed by atoms with Crippen LogP contribution in [0.2, 0.25) is 0 Å². The van der Waals surface area contributed by atoms with Crippen molar-refractivity contribution in [3.05, 3.63) is 57.1 Å². The van der Waals surface area contributed by atoms with Gasteiger partial charge in [-0.3, -0.25) is 4.79 Å². The summed E-state index contributed by atoms with van der Waals surface area (Å²) in [6.07, 6.45) is 0. The van der Waals surface area contributed by atoms with Crippen LogP contribution in [0.15, 0.2) is 44.5 Å². The molecular weight excluding hydrogens is 423 g/mol. The number of carbonyl (C=O) groups is 1. The van der Waals surface area contributed by atoms with Gasteiger partial charge in [0.25, 0.3) is 5.91 Å². The number of carbonyl (C=O) groups excluding carboxylic acids is 1. The summed E-state index contributed by atoms with van der Waals surface area (Å²) in [5.74, 6) is 0.185. The predicted octanol–water partition coefficient (Wildman–Crippen LogP) is 3.66. The van der Waals surface area contributed by atoms with Gasteiger partial charge in [-0.2, -0.15) is 0 Å². The van der Waals surface area contributed by atoms with Gasteiger partial charge in [0, 0.05) is 18.8 Å². The highest BCUT2D eigenvalue weighted by Crippen LogP contribution is 2.32. The first-order valence-electron chi connectivity index (χ1n) is 7.72. The van der Waals surface area contributed by atoms with Gasteiger partial charge < -0.3 is 20.1 Å². The number of aromatic nitrogens is 1. The van der Waals surface area contributed by atoms with E-state index >= 15 is 0 Å². The van der Waals surface area contributed by atoms with Crippen LogP contribution in [0.1, 0.15) is 24.3 Å². The molecule has 0 fully saturated rings. The van der Waals surface area contributed by atoms with Crippen LogP contribution in [-0.2, 0) is 4.79 Å². The van der Waals surface area contributed by atoms with E-state index < -0.39 is 6.04 Å². The molecule has 1 amide bonds. The van der Waals surface area contributed by atoms with E-state index in [-0.39, 0.29) is 11.7 Å². The second-order valence-corrected chi connectivity index (χ2v) is 7.13. The molecule has 0 radical (unpaired) electrons. The molecule has 2 aromatic rings. The van der Waals surface area contributed by atoms with Crippen LogP contribution in [-0.4, -0.2) is 28.1 Å². The largest absolute Gasteiger partial charge is 0.360 e. The monoisotopic (exact) mass is 438 g/mol. The summed E-state index contributed by atoms with van der Waals surface area (Å²) < 4.78 is 18.9. The summed E-state index contributed by atoms with van der Waals surface area (Å²) in [5.41, 5.74) is 1.85. The highest BCUT2D eigenvalue weighted by atomic mass is 79.9. The van der Waals surface area contributed by atoms with Crippen LogP contribution in [0.3, 0.4) is 0 Å². The first kappa shape index (κ1) is 18.5. The maximum absolute atomic E-state index is 13.6. The molecule has 0 saturated carbocycles. The second kappa shape index (κ2) is 7.16. The zero-order valence-electron chi connectivity index (χ0n) is 14.3. The Morgan fingerprint density at radius 2 is 2.15 bits per heavy atom. The summed E-state index contributed by atoms with van der Waals surface area (Å²) in [7, 11) is 1.77. The molecule has 26 heavy (non-hydrogen) atoms. The van der Waals surface area contributed by atoms with Gasteiger partial charge in [-0.25, -0.2) is 4.39 Å². The number of hydrogen-bond acceptors (Lipinski definition) is 4. The Hall–Kier alpha value is -2.26. The van der Waals surface area contributed by atoms with Gasteiger partial charge in [-0.05, 0) is 59.7 Å². The fraction of sp³-hybridized carbons (Fsp3) is 0.235. The topological polar surface area (TPSA) is 70.4 Å². The lowest BCUT2D eigenvalue weighted by molar-refractivity contribution is -0.113. The molecule has 0 aliphatic carbocycles. The number of halogens is 2. The highest BCUT2D eigenvalue weighted by Gasteiger charge is 2.33. The number of amides is 1. The van der Waals surface area contributed by atoms with Crippen LogP contribution >= 0.6 is 28.1 Å². The lowest BCUT2D eigenvalue weighted by Crippen LogP contribution is -2.46. The van der Waals surface area contributed by atoms with Crippen molar-refractivity contribution in [1.82, 2.24) is 15.4 Å². The minimum absolute atomic E-state index is 0.311. The van der Waals surface area contributed by atoms with Gasteiger partial charge in [0.05, 0.1) is 16.1 Å². The molecule has 0 bridgehead atoms. The van der Waals surface area contributed by atoms with Crippen molar-refractivity contribution in [2.24, 2.45) is 0 Å². The van der Waals surface area contributed by atoms with Crippen molar-refractivity contribution in [2.75, 3.05) is 12.4 Å². The number of hydrogen-bond donors (Lipinski definition) is 2. The van der Waals surface area contributed by atoms with E-state index in [2.05, 4.69) is 31.7 Å².